The highest BCUT2D eigenvalue weighted by Gasteiger charge is 2.13. The van der Waals surface area contributed by atoms with Gasteiger partial charge in [0.1, 0.15) is 0 Å². The Morgan fingerprint density at radius 2 is 2.00 bits per heavy atom. The average Bonchev–Trinajstić information content (AvgIpc) is 3.09. The summed E-state index contributed by atoms with van der Waals surface area (Å²) in [5.41, 5.74) is 8.91. The van der Waals surface area contributed by atoms with Crippen LogP contribution in [0.2, 0.25) is 0 Å². The first-order valence-corrected chi connectivity index (χ1v) is 7.05. The van der Waals surface area contributed by atoms with Crippen molar-refractivity contribution in [3.8, 4) is 10.6 Å². The third-order valence-corrected chi connectivity index (χ3v) is 4.17. The summed E-state index contributed by atoms with van der Waals surface area (Å²) >= 11 is 1.73. The van der Waals surface area contributed by atoms with Gasteiger partial charge >= 0.3 is 0 Å². The van der Waals surface area contributed by atoms with Crippen LogP contribution in [0.3, 0.4) is 0 Å². The summed E-state index contributed by atoms with van der Waals surface area (Å²) < 4.78 is 2.19. The molecule has 3 aromatic rings. The SMILES string of the molecule is CC(c1ccc(N)cc1)n1cncc1-c1cccs1. The molecule has 0 fully saturated rings. The van der Waals surface area contributed by atoms with Crippen molar-refractivity contribution in [2.75, 3.05) is 5.73 Å². The molecule has 19 heavy (non-hydrogen) atoms. The molecule has 96 valence electrons. The van der Waals surface area contributed by atoms with Gasteiger partial charge in [-0.1, -0.05) is 18.2 Å². The molecule has 1 aromatic carbocycles. The Kier molecular flexibility index (Phi) is 3.09. The van der Waals surface area contributed by atoms with Crippen LogP contribution in [-0.2, 0) is 0 Å². The fraction of sp³-hybridized carbons (Fsp3) is 0.133. The van der Waals surface area contributed by atoms with E-state index in [1.165, 1.54) is 10.4 Å². The van der Waals surface area contributed by atoms with E-state index in [4.69, 9.17) is 5.73 Å². The summed E-state index contributed by atoms with van der Waals surface area (Å²) in [6.07, 6.45) is 3.80. The number of rotatable bonds is 3. The molecular weight excluding hydrogens is 254 g/mol. The van der Waals surface area contributed by atoms with Crippen LogP contribution in [0.1, 0.15) is 18.5 Å². The summed E-state index contributed by atoms with van der Waals surface area (Å²) in [6, 6.07) is 12.4. The highest BCUT2D eigenvalue weighted by atomic mass is 32.1. The van der Waals surface area contributed by atoms with Gasteiger partial charge in [-0.15, -0.1) is 11.3 Å². The van der Waals surface area contributed by atoms with E-state index in [-0.39, 0.29) is 6.04 Å². The zero-order valence-corrected chi connectivity index (χ0v) is 11.5. The van der Waals surface area contributed by atoms with Gasteiger partial charge in [-0.3, -0.25) is 0 Å². The van der Waals surface area contributed by atoms with Crippen LogP contribution >= 0.6 is 11.3 Å². The van der Waals surface area contributed by atoms with Gasteiger partial charge in [0.05, 0.1) is 29.1 Å². The Morgan fingerprint density at radius 1 is 1.21 bits per heavy atom. The molecule has 0 aliphatic rings. The second-order valence-corrected chi connectivity index (χ2v) is 5.45. The molecule has 0 aliphatic carbocycles. The van der Waals surface area contributed by atoms with E-state index in [0.717, 1.165) is 11.4 Å². The second kappa shape index (κ2) is 4.90. The third-order valence-electron chi connectivity index (χ3n) is 3.28. The van der Waals surface area contributed by atoms with E-state index in [1.807, 2.05) is 24.7 Å². The number of nitrogens with two attached hydrogens (primary N) is 1. The first-order valence-electron chi connectivity index (χ1n) is 6.17. The smallest absolute Gasteiger partial charge is 0.0956 e. The Balaban J connectivity index is 1.99. The number of aromatic nitrogens is 2. The van der Waals surface area contributed by atoms with Gasteiger partial charge < -0.3 is 10.3 Å². The Morgan fingerprint density at radius 3 is 2.68 bits per heavy atom. The van der Waals surface area contributed by atoms with Gasteiger partial charge in [0.15, 0.2) is 0 Å². The largest absolute Gasteiger partial charge is 0.399 e. The molecule has 0 spiro atoms. The lowest BCUT2D eigenvalue weighted by Crippen LogP contribution is -2.06. The van der Waals surface area contributed by atoms with E-state index in [0.29, 0.717) is 0 Å². The normalized spacial score (nSPS) is 12.5. The number of nitrogens with zero attached hydrogens (tertiary/aromatic N) is 2. The molecule has 2 heterocycles. The molecule has 0 radical (unpaired) electrons. The zero-order valence-electron chi connectivity index (χ0n) is 10.7. The topological polar surface area (TPSA) is 43.8 Å². The van der Waals surface area contributed by atoms with Crippen molar-refractivity contribution in [1.82, 2.24) is 9.55 Å². The predicted molar refractivity (Wildman–Crippen MR) is 80.2 cm³/mol. The maximum atomic E-state index is 5.74. The van der Waals surface area contributed by atoms with E-state index < -0.39 is 0 Å². The van der Waals surface area contributed by atoms with E-state index in [9.17, 15) is 0 Å². The molecule has 1 unspecified atom stereocenters. The summed E-state index contributed by atoms with van der Waals surface area (Å²) in [6.45, 7) is 2.17. The standard InChI is InChI=1S/C15H15N3S/c1-11(12-4-6-13(16)7-5-12)18-10-17-9-14(18)15-3-2-8-19-15/h2-11H,16H2,1H3. The van der Waals surface area contributed by atoms with Crippen molar-refractivity contribution < 1.29 is 0 Å². The number of nitrogen functional groups attached to an aromatic ring is 1. The minimum atomic E-state index is 0.236. The lowest BCUT2D eigenvalue weighted by molar-refractivity contribution is 0.645. The second-order valence-electron chi connectivity index (χ2n) is 4.51. The van der Waals surface area contributed by atoms with Crippen LogP contribution in [0.15, 0.2) is 54.3 Å². The minimum Gasteiger partial charge on any atom is -0.399 e. The first-order chi connectivity index (χ1) is 9.25. The number of thiophene rings is 1. The van der Waals surface area contributed by atoms with Crippen molar-refractivity contribution >= 4 is 17.0 Å². The highest BCUT2D eigenvalue weighted by molar-refractivity contribution is 7.13. The lowest BCUT2D eigenvalue weighted by atomic mass is 10.1. The average molecular weight is 269 g/mol. The van der Waals surface area contributed by atoms with Crippen molar-refractivity contribution in [2.24, 2.45) is 0 Å². The Hall–Kier alpha value is -2.07. The summed E-state index contributed by atoms with van der Waals surface area (Å²) in [5.74, 6) is 0. The van der Waals surface area contributed by atoms with Gasteiger partial charge in [-0.05, 0) is 36.1 Å². The third kappa shape index (κ3) is 2.27. The molecule has 0 amide bonds. The number of hydrogen-bond acceptors (Lipinski definition) is 3. The molecule has 4 heteroatoms. The molecule has 2 aromatic heterocycles. The van der Waals surface area contributed by atoms with Crippen LogP contribution in [0, 0.1) is 0 Å². The molecule has 3 nitrogen and oxygen atoms in total. The molecule has 0 aliphatic heterocycles. The van der Waals surface area contributed by atoms with Crippen LogP contribution in [-0.4, -0.2) is 9.55 Å². The summed E-state index contributed by atoms with van der Waals surface area (Å²) in [7, 11) is 0. The number of hydrogen-bond donors (Lipinski definition) is 1. The molecule has 0 saturated carbocycles. The maximum Gasteiger partial charge on any atom is 0.0956 e. The highest BCUT2D eigenvalue weighted by Crippen LogP contribution is 2.29. The van der Waals surface area contributed by atoms with Gasteiger partial charge in [0, 0.05) is 5.69 Å². The van der Waals surface area contributed by atoms with Crippen LogP contribution in [0.25, 0.3) is 10.6 Å². The number of benzene rings is 1. The molecule has 0 saturated heterocycles. The monoisotopic (exact) mass is 269 g/mol. The predicted octanol–water partition coefficient (Wildman–Crippen LogP) is 3.80. The van der Waals surface area contributed by atoms with Crippen LogP contribution < -0.4 is 5.73 Å². The molecule has 1 atom stereocenters. The van der Waals surface area contributed by atoms with Gasteiger partial charge in [-0.25, -0.2) is 4.98 Å². The van der Waals surface area contributed by atoms with Crippen molar-refractivity contribution in [3.63, 3.8) is 0 Å². The molecule has 2 N–H and O–H groups in total. The number of imidazole rings is 1. The molecule has 3 rings (SSSR count). The van der Waals surface area contributed by atoms with Crippen LogP contribution in [0.5, 0.6) is 0 Å². The van der Waals surface area contributed by atoms with Gasteiger partial charge in [-0.2, -0.15) is 0 Å². The Bertz CT molecular complexity index is 653. The lowest BCUT2D eigenvalue weighted by Gasteiger charge is -2.16. The summed E-state index contributed by atoms with van der Waals surface area (Å²) in [4.78, 5) is 5.52. The maximum absolute atomic E-state index is 5.74. The van der Waals surface area contributed by atoms with Gasteiger partial charge in [0.25, 0.3) is 0 Å². The van der Waals surface area contributed by atoms with Crippen LogP contribution in [0.4, 0.5) is 5.69 Å². The quantitative estimate of drug-likeness (QED) is 0.735. The molecule has 0 bridgehead atoms. The minimum absolute atomic E-state index is 0.236. The van der Waals surface area contributed by atoms with Crippen molar-refractivity contribution in [1.29, 1.82) is 0 Å². The number of anilines is 1. The molecular formula is C15H15N3S. The van der Waals surface area contributed by atoms with E-state index >= 15 is 0 Å². The first kappa shape index (κ1) is 12.0. The zero-order chi connectivity index (χ0) is 13.2. The van der Waals surface area contributed by atoms with E-state index in [1.54, 1.807) is 11.3 Å². The van der Waals surface area contributed by atoms with Crippen molar-refractivity contribution in [2.45, 2.75) is 13.0 Å². The Labute approximate surface area is 116 Å². The fourth-order valence-electron chi connectivity index (χ4n) is 2.16. The van der Waals surface area contributed by atoms with E-state index in [2.05, 4.69) is 46.1 Å². The fourth-order valence-corrected chi connectivity index (χ4v) is 2.90. The van der Waals surface area contributed by atoms with Crippen molar-refractivity contribution in [3.05, 3.63) is 59.9 Å². The van der Waals surface area contributed by atoms with Gasteiger partial charge in [0.2, 0.25) is 0 Å². The summed E-state index contributed by atoms with van der Waals surface area (Å²) in [5, 5.41) is 2.08.